The summed E-state index contributed by atoms with van der Waals surface area (Å²) < 4.78 is 22.0. The quantitative estimate of drug-likeness (QED) is 0.468. The van der Waals surface area contributed by atoms with Crippen LogP contribution in [0, 0.1) is 19.7 Å². The van der Waals surface area contributed by atoms with Crippen molar-refractivity contribution in [1.29, 1.82) is 0 Å². The van der Waals surface area contributed by atoms with E-state index in [-0.39, 0.29) is 11.6 Å². The summed E-state index contributed by atoms with van der Waals surface area (Å²) in [6.07, 6.45) is 0.952. The number of nitrogens with zero attached hydrogens (tertiary/aromatic N) is 3. The fourth-order valence-corrected chi connectivity index (χ4v) is 4.05. The van der Waals surface area contributed by atoms with Crippen molar-refractivity contribution in [1.82, 2.24) is 20.0 Å². The molecule has 3 aromatic rings. The number of rotatable bonds is 8. The monoisotopic (exact) mass is 485 g/mol. The van der Waals surface area contributed by atoms with Crippen LogP contribution in [0.4, 0.5) is 10.1 Å². The lowest BCUT2D eigenvalue weighted by molar-refractivity contribution is 0.102. The molecule has 1 saturated heterocycles. The number of hydrogen-bond donors (Lipinski definition) is 2. The zero-order valence-electron chi connectivity index (χ0n) is 19.4. The molecule has 4 rings (SSSR count). The molecule has 0 saturated carbocycles. The Morgan fingerprint density at radius 2 is 1.91 bits per heavy atom. The van der Waals surface area contributed by atoms with Crippen molar-refractivity contribution in [3.8, 4) is 11.4 Å². The molecule has 1 aliphatic rings. The lowest BCUT2D eigenvalue weighted by Crippen LogP contribution is -2.43. The molecule has 7 nitrogen and oxygen atoms in total. The molecule has 0 spiro atoms. The first-order valence-corrected chi connectivity index (χ1v) is 11.8. The molecule has 180 valence electrons. The number of piperazine rings is 1. The minimum atomic E-state index is -0.510. The van der Waals surface area contributed by atoms with Crippen LogP contribution in [-0.2, 0) is 0 Å². The molecule has 1 amide bonds. The van der Waals surface area contributed by atoms with Crippen molar-refractivity contribution >= 4 is 23.2 Å². The Morgan fingerprint density at radius 3 is 2.56 bits per heavy atom. The van der Waals surface area contributed by atoms with Gasteiger partial charge in [-0.25, -0.2) is 9.07 Å². The van der Waals surface area contributed by atoms with E-state index < -0.39 is 5.82 Å². The summed E-state index contributed by atoms with van der Waals surface area (Å²) >= 11 is 6.17. The number of aryl methyl sites for hydroxylation is 1. The van der Waals surface area contributed by atoms with E-state index in [9.17, 15) is 9.18 Å². The van der Waals surface area contributed by atoms with Crippen LogP contribution in [0.5, 0.6) is 5.75 Å². The number of carbonyl (C=O) groups excluding carboxylic acids is 1. The molecule has 34 heavy (non-hydrogen) atoms. The SMILES string of the molecule is Cc1nn(-c2ccc(NC(=O)c3ccc(OCCCN4CCNCC4)cc3)cc2F)c(C)c1Cl. The van der Waals surface area contributed by atoms with Crippen molar-refractivity contribution in [2.45, 2.75) is 20.3 Å². The van der Waals surface area contributed by atoms with Gasteiger partial charge in [0.15, 0.2) is 5.82 Å². The molecule has 2 aromatic carbocycles. The minimum absolute atomic E-state index is 0.268. The first-order chi connectivity index (χ1) is 16.4. The first kappa shape index (κ1) is 24.2. The number of hydrogen-bond acceptors (Lipinski definition) is 5. The number of halogens is 2. The molecule has 0 unspecified atom stereocenters. The van der Waals surface area contributed by atoms with Crippen molar-refractivity contribution in [3.05, 3.63) is 70.3 Å². The van der Waals surface area contributed by atoms with Gasteiger partial charge in [0.05, 0.1) is 23.0 Å². The number of amides is 1. The average molecular weight is 486 g/mol. The highest BCUT2D eigenvalue weighted by Gasteiger charge is 2.15. The van der Waals surface area contributed by atoms with Crippen LogP contribution in [0.1, 0.15) is 28.2 Å². The zero-order chi connectivity index (χ0) is 24.1. The summed E-state index contributed by atoms with van der Waals surface area (Å²) in [5.41, 5.74) is 2.36. The van der Waals surface area contributed by atoms with Crippen molar-refractivity contribution in [2.24, 2.45) is 0 Å². The van der Waals surface area contributed by atoms with Crippen molar-refractivity contribution < 1.29 is 13.9 Å². The lowest BCUT2D eigenvalue weighted by Gasteiger charge is -2.26. The van der Waals surface area contributed by atoms with E-state index in [1.54, 1.807) is 50.2 Å². The maximum Gasteiger partial charge on any atom is 0.255 e. The summed E-state index contributed by atoms with van der Waals surface area (Å²) in [4.78, 5) is 15.0. The van der Waals surface area contributed by atoms with Gasteiger partial charge >= 0.3 is 0 Å². The zero-order valence-corrected chi connectivity index (χ0v) is 20.2. The van der Waals surface area contributed by atoms with Crippen LogP contribution in [-0.4, -0.2) is 59.9 Å². The molecule has 2 heterocycles. The van der Waals surface area contributed by atoms with E-state index in [0.29, 0.717) is 34.3 Å². The lowest BCUT2D eigenvalue weighted by atomic mass is 10.2. The Hall–Kier alpha value is -2.94. The number of ether oxygens (including phenoxy) is 1. The number of aromatic nitrogens is 2. The van der Waals surface area contributed by atoms with E-state index in [2.05, 4.69) is 20.6 Å². The second kappa shape index (κ2) is 11.0. The summed E-state index contributed by atoms with van der Waals surface area (Å²) in [5.74, 6) is -0.119. The van der Waals surface area contributed by atoms with E-state index in [1.807, 2.05) is 0 Å². The van der Waals surface area contributed by atoms with E-state index in [4.69, 9.17) is 16.3 Å². The smallest absolute Gasteiger partial charge is 0.255 e. The summed E-state index contributed by atoms with van der Waals surface area (Å²) in [6, 6.07) is 11.4. The van der Waals surface area contributed by atoms with Gasteiger partial charge in [-0.3, -0.25) is 4.79 Å². The van der Waals surface area contributed by atoms with Gasteiger partial charge in [0.2, 0.25) is 0 Å². The van der Waals surface area contributed by atoms with Crippen LogP contribution < -0.4 is 15.4 Å². The Labute approximate surface area is 203 Å². The molecule has 0 bridgehead atoms. The van der Waals surface area contributed by atoms with Gasteiger partial charge in [0.25, 0.3) is 5.91 Å². The molecular formula is C25H29ClFN5O2. The third-order valence-electron chi connectivity index (χ3n) is 5.85. The van der Waals surface area contributed by atoms with Crippen LogP contribution in [0.25, 0.3) is 5.69 Å². The highest BCUT2D eigenvalue weighted by atomic mass is 35.5. The highest BCUT2D eigenvalue weighted by molar-refractivity contribution is 6.31. The van der Waals surface area contributed by atoms with Gasteiger partial charge in [0.1, 0.15) is 11.4 Å². The molecule has 0 atom stereocenters. The van der Waals surface area contributed by atoms with E-state index >= 15 is 0 Å². The van der Waals surface area contributed by atoms with Gasteiger partial charge in [-0.15, -0.1) is 0 Å². The van der Waals surface area contributed by atoms with E-state index in [1.165, 1.54) is 10.7 Å². The first-order valence-electron chi connectivity index (χ1n) is 11.4. The third-order valence-corrected chi connectivity index (χ3v) is 6.40. The fraction of sp³-hybridized carbons (Fsp3) is 0.360. The Bertz CT molecular complexity index is 1140. The summed E-state index contributed by atoms with van der Waals surface area (Å²) in [6.45, 7) is 9.42. The molecule has 0 aliphatic carbocycles. The second-order valence-corrected chi connectivity index (χ2v) is 8.71. The second-order valence-electron chi connectivity index (χ2n) is 8.33. The van der Waals surface area contributed by atoms with Crippen LogP contribution >= 0.6 is 11.6 Å². The molecular weight excluding hydrogens is 457 g/mol. The molecule has 2 N–H and O–H groups in total. The Kier molecular flexibility index (Phi) is 7.82. The normalized spacial score (nSPS) is 14.2. The summed E-state index contributed by atoms with van der Waals surface area (Å²) in [7, 11) is 0. The third kappa shape index (κ3) is 5.75. The van der Waals surface area contributed by atoms with Gasteiger partial charge in [0, 0.05) is 44.0 Å². The minimum Gasteiger partial charge on any atom is -0.494 e. The predicted octanol–water partition coefficient (Wildman–Crippen LogP) is 4.21. The van der Waals surface area contributed by atoms with Crippen LogP contribution in [0.3, 0.4) is 0 Å². The topological polar surface area (TPSA) is 71.4 Å². The Balaban J connectivity index is 1.31. The fourth-order valence-electron chi connectivity index (χ4n) is 3.93. The van der Waals surface area contributed by atoms with Crippen LogP contribution in [0.2, 0.25) is 5.02 Å². The van der Waals surface area contributed by atoms with Gasteiger partial charge in [-0.2, -0.15) is 5.10 Å². The number of carbonyl (C=O) groups is 1. The molecule has 1 aliphatic heterocycles. The van der Waals surface area contributed by atoms with Crippen molar-refractivity contribution in [2.75, 3.05) is 44.6 Å². The maximum atomic E-state index is 14.8. The largest absolute Gasteiger partial charge is 0.494 e. The number of nitrogens with one attached hydrogen (secondary N) is 2. The highest BCUT2D eigenvalue weighted by Crippen LogP contribution is 2.25. The van der Waals surface area contributed by atoms with Gasteiger partial charge < -0.3 is 20.3 Å². The summed E-state index contributed by atoms with van der Waals surface area (Å²) in [5, 5.41) is 10.9. The van der Waals surface area contributed by atoms with Crippen LogP contribution in [0.15, 0.2) is 42.5 Å². The number of benzene rings is 2. The molecule has 1 fully saturated rings. The molecule has 1 aromatic heterocycles. The van der Waals surface area contributed by atoms with Crippen molar-refractivity contribution in [3.63, 3.8) is 0 Å². The van der Waals surface area contributed by atoms with Gasteiger partial charge in [-0.1, -0.05) is 11.6 Å². The Morgan fingerprint density at radius 1 is 1.18 bits per heavy atom. The standard InChI is InChI=1S/C25H29ClFN5O2/c1-17-24(26)18(2)32(30-17)23-9-6-20(16-22(23)27)29-25(33)19-4-7-21(8-5-19)34-15-3-12-31-13-10-28-11-14-31/h4-9,16,28H,3,10-15H2,1-2H3,(H,29,33). The maximum absolute atomic E-state index is 14.8. The van der Waals surface area contributed by atoms with E-state index in [0.717, 1.165) is 44.9 Å². The molecule has 9 heteroatoms. The molecule has 0 radical (unpaired) electrons. The number of anilines is 1. The van der Waals surface area contributed by atoms with Gasteiger partial charge in [-0.05, 0) is 62.7 Å². The average Bonchev–Trinajstić information content (AvgIpc) is 3.10. The predicted molar refractivity (Wildman–Crippen MR) is 132 cm³/mol.